The number of anilines is 2. The maximum absolute atomic E-state index is 12.1. The van der Waals surface area contributed by atoms with Gasteiger partial charge in [0.05, 0.1) is 5.41 Å². The van der Waals surface area contributed by atoms with Crippen LogP contribution in [-0.2, 0) is 14.4 Å². The minimum Gasteiger partial charge on any atom is -0.481 e. The Morgan fingerprint density at radius 3 is 2.27 bits per heavy atom. The molecule has 1 aromatic carbocycles. The second kappa shape index (κ2) is 6.60. The molecule has 0 unspecified atom stereocenters. The molecular weight excluding hydrogens is 284 g/mol. The summed E-state index contributed by atoms with van der Waals surface area (Å²) < 4.78 is 0. The Labute approximate surface area is 128 Å². The van der Waals surface area contributed by atoms with Crippen molar-refractivity contribution in [2.45, 2.75) is 39.0 Å². The van der Waals surface area contributed by atoms with Crippen molar-refractivity contribution in [1.29, 1.82) is 0 Å². The first-order valence-electron chi connectivity index (χ1n) is 7.32. The zero-order chi connectivity index (χ0) is 16.2. The molecule has 22 heavy (non-hydrogen) atoms. The number of nitrogens with one attached hydrogen (secondary N) is 2. The van der Waals surface area contributed by atoms with Crippen LogP contribution in [0.3, 0.4) is 0 Å². The Balaban J connectivity index is 2.02. The van der Waals surface area contributed by atoms with E-state index < -0.39 is 11.4 Å². The molecule has 1 aromatic rings. The van der Waals surface area contributed by atoms with Crippen LogP contribution in [0.1, 0.15) is 39.0 Å². The van der Waals surface area contributed by atoms with Crippen LogP contribution in [0.2, 0.25) is 0 Å². The Morgan fingerprint density at radius 1 is 1.14 bits per heavy atom. The van der Waals surface area contributed by atoms with Crippen LogP contribution in [0, 0.1) is 5.41 Å². The van der Waals surface area contributed by atoms with Crippen LogP contribution in [-0.4, -0.2) is 22.9 Å². The third kappa shape index (κ3) is 3.84. The lowest BCUT2D eigenvalue weighted by molar-refractivity contribution is -0.150. The molecule has 0 radical (unpaired) electrons. The highest BCUT2D eigenvalue weighted by Gasteiger charge is 2.42. The zero-order valence-electron chi connectivity index (χ0n) is 12.5. The van der Waals surface area contributed by atoms with Gasteiger partial charge in [-0.3, -0.25) is 14.4 Å². The van der Waals surface area contributed by atoms with Gasteiger partial charge in [-0.05, 0) is 31.0 Å². The van der Waals surface area contributed by atoms with Gasteiger partial charge in [-0.15, -0.1) is 0 Å². The van der Waals surface area contributed by atoms with E-state index in [1.807, 2.05) is 0 Å². The van der Waals surface area contributed by atoms with Crippen molar-refractivity contribution in [3.05, 3.63) is 24.3 Å². The average Bonchev–Trinajstić information content (AvgIpc) is 2.88. The fourth-order valence-electron chi connectivity index (χ4n) is 2.91. The van der Waals surface area contributed by atoms with E-state index >= 15 is 0 Å². The minimum atomic E-state index is -0.931. The third-order valence-electron chi connectivity index (χ3n) is 3.98. The predicted molar refractivity (Wildman–Crippen MR) is 82.5 cm³/mol. The van der Waals surface area contributed by atoms with E-state index in [0.29, 0.717) is 24.2 Å². The number of hydrogen-bond acceptors (Lipinski definition) is 3. The summed E-state index contributed by atoms with van der Waals surface area (Å²) in [6.45, 7) is 1.40. The Hall–Kier alpha value is -2.37. The first-order chi connectivity index (χ1) is 10.4. The molecule has 0 spiro atoms. The van der Waals surface area contributed by atoms with Crippen molar-refractivity contribution in [1.82, 2.24) is 0 Å². The van der Waals surface area contributed by atoms with Crippen molar-refractivity contribution in [3.8, 4) is 0 Å². The van der Waals surface area contributed by atoms with Gasteiger partial charge in [-0.2, -0.15) is 0 Å². The summed E-state index contributed by atoms with van der Waals surface area (Å²) in [5.41, 5.74) is 0.188. The highest BCUT2D eigenvalue weighted by atomic mass is 16.4. The molecule has 6 nitrogen and oxygen atoms in total. The van der Waals surface area contributed by atoms with Crippen LogP contribution in [0.4, 0.5) is 11.4 Å². The van der Waals surface area contributed by atoms with Gasteiger partial charge >= 0.3 is 5.97 Å². The fourth-order valence-corrected chi connectivity index (χ4v) is 2.91. The van der Waals surface area contributed by atoms with Crippen LogP contribution in [0.15, 0.2) is 24.3 Å². The van der Waals surface area contributed by atoms with E-state index in [-0.39, 0.29) is 18.2 Å². The summed E-state index contributed by atoms with van der Waals surface area (Å²) in [4.78, 5) is 34.6. The normalized spacial score (nSPS) is 16.0. The molecule has 1 fully saturated rings. The molecule has 1 saturated carbocycles. The molecule has 0 heterocycles. The molecule has 3 N–H and O–H groups in total. The summed E-state index contributed by atoms with van der Waals surface area (Å²) in [7, 11) is 0. The number of aliphatic carboxylic acids is 1. The van der Waals surface area contributed by atoms with Gasteiger partial charge < -0.3 is 15.7 Å². The number of carbonyl (C=O) groups is 3. The highest BCUT2D eigenvalue weighted by Crippen LogP contribution is 2.41. The van der Waals surface area contributed by atoms with Crippen LogP contribution in [0.25, 0.3) is 0 Å². The average molecular weight is 304 g/mol. The number of benzene rings is 1. The first-order valence-corrected chi connectivity index (χ1v) is 7.32. The second-order valence-electron chi connectivity index (χ2n) is 5.78. The maximum atomic E-state index is 12.1. The summed E-state index contributed by atoms with van der Waals surface area (Å²) in [5, 5.41) is 14.7. The van der Waals surface area contributed by atoms with Gasteiger partial charge in [0.25, 0.3) is 0 Å². The van der Waals surface area contributed by atoms with E-state index in [9.17, 15) is 19.5 Å². The number of rotatable bonds is 5. The van der Waals surface area contributed by atoms with Crippen molar-refractivity contribution in [2.75, 3.05) is 10.6 Å². The van der Waals surface area contributed by atoms with Gasteiger partial charge in [0.2, 0.25) is 11.8 Å². The monoisotopic (exact) mass is 304 g/mol. The van der Waals surface area contributed by atoms with E-state index in [4.69, 9.17) is 0 Å². The maximum Gasteiger partial charge on any atom is 0.310 e. The third-order valence-corrected chi connectivity index (χ3v) is 3.98. The molecule has 0 atom stereocenters. The molecule has 1 aliphatic carbocycles. The Bertz CT molecular complexity index is 592. The molecule has 2 amide bonds. The number of amides is 2. The quantitative estimate of drug-likeness (QED) is 0.779. The standard InChI is InChI=1S/C16H20N2O4/c1-11(19)17-12-5-4-6-13(9-12)18-14(20)10-16(15(21)22)7-2-3-8-16/h4-6,9H,2-3,7-8,10H2,1H3,(H,17,19)(H,18,20)(H,21,22). The van der Waals surface area contributed by atoms with Gasteiger partial charge in [-0.1, -0.05) is 18.9 Å². The van der Waals surface area contributed by atoms with Crippen LogP contribution < -0.4 is 10.6 Å². The topological polar surface area (TPSA) is 95.5 Å². The van der Waals surface area contributed by atoms with Gasteiger partial charge in [-0.25, -0.2) is 0 Å². The predicted octanol–water partition coefficient (Wildman–Crippen LogP) is 2.62. The molecule has 118 valence electrons. The molecule has 0 bridgehead atoms. The number of carboxylic acids is 1. The number of carboxylic acid groups (broad SMARTS) is 1. The summed E-state index contributed by atoms with van der Waals surface area (Å²) >= 11 is 0. The van der Waals surface area contributed by atoms with Crippen molar-refractivity contribution in [2.24, 2.45) is 5.41 Å². The van der Waals surface area contributed by atoms with Crippen molar-refractivity contribution in [3.63, 3.8) is 0 Å². The molecule has 2 rings (SSSR count). The largest absolute Gasteiger partial charge is 0.481 e. The highest BCUT2D eigenvalue weighted by molar-refractivity contribution is 5.95. The first kappa shape index (κ1) is 16.0. The summed E-state index contributed by atoms with van der Waals surface area (Å²) in [6, 6.07) is 6.77. The molecule has 0 saturated heterocycles. The summed E-state index contributed by atoms with van der Waals surface area (Å²) in [6.07, 6.45) is 2.76. The summed E-state index contributed by atoms with van der Waals surface area (Å²) in [5.74, 6) is -1.41. The molecule has 6 heteroatoms. The molecule has 0 aliphatic heterocycles. The second-order valence-corrected chi connectivity index (χ2v) is 5.78. The van der Waals surface area contributed by atoms with E-state index in [2.05, 4.69) is 10.6 Å². The Kier molecular flexibility index (Phi) is 4.80. The van der Waals surface area contributed by atoms with Crippen molar-refractivity contribution < 1.29 is 19.5 Å². The van der Waals surface area contributed by atoms with Crippen LogP contribution >= 0.6 is 0 Å². The van der Waals surface area contributed by atoms with E-state index in [1.165, 1.54) is 6.92 Å². The van der Waals surface area contributed by atoms with Crippen molar-refractivity contribution >= 4 is 29.2 Å². The molecule has 0 aromatic heterocycles. The molecular formula is C16H20N2O4. The Morgan fingerprint density at radius 2 is 1.73 bits per heavy atom. The molecule has 1 aliphatic rings. The minimum absolute atomic E-state index is 0.0211. The van der Waals surface area contributed by atoms with Gasteiger partial charge in [0, 0.05) is 24.7 Å². The van der Waals surface area contributed by atoms with E-state index in [1.54, 1.807) is 24.3 Å². The lowest BCUT2D eigenvalue weighted by Gasteiger charge is -2.22. The van der Waals surface area contributed by atoms with Gasteiger partial charge in [0.1, 0.15) is 0 Å². The fraction of sp³-hybridized carbons (Fsp3) is 0.438. The zero-order valence-corrected chi connectivity index (χ0v) is 12.5. The lowest BCUT2D eigenvalue weighted by Crippen LogP contribution is -2.32. The number of carbonyl (C=O) groups excluding carboxylic acids is 2. The number of hydrogen-bond donors (Lipinski definition) is 3. The van der Waals surface area contributed by atoms with Gasteiger partial charge in [0.15, 0.2) is 0 Å². The lowest BCUT2D eigenvalue weighted by atomic mass is 9.82. The van der Waals surface area contributed by atoms with Crippen LogP contribution in [0.5, 0.6) is 0 Å². The SMILES string of the molecule is CC(=O)Nc1cccc(NC(=O)CC2(C(=O)O)CCCC2)c1. The van der Waals surface area contributed by atoms with E-state index in [0.717, 1.165) is 12.8 Å². The smallest absolute Gasteiger partial charge is 0.310 e.